The highest BCUT2D eigenvalue weighted by Gasteiger charge is 2.26. The summed E-state index contributed by atoms with van der Waals surface area (Å²) in [5.41, 5.74) is 0.862. The fraction of sp³-hybridized carbons (Fsp3) is 0.318. The Hall–Kier alpha value is -3.84. The maximum Gasteiger partial charge on any atom is 0.263 e. The van der Waals surface area contributed by atoms with Crippen LogP contribution in [-0.4, -0.2) is 61.2 Å². The van der Waals surface area contributed by atoms with Crippen LogP contribution in [0, 0.1) is 6.92 Å². The first-order chi connectivity index (χ1) is 16.7. The van der Waals surface area contributed by atoms with Crippen LogP contribution in [0.4, 0.5) is 5.82 Å². The molecule has 0 spiro atoms. The van der Waals surface area contributed by atoms with Crippen molar-refractivity contribution >= 4 is 32.8 Å². The molecular formula is C22H24N8O4S. The summed E-state index contributed by atoms with van der Waals surface area (Å²) < 4.78 is 30.0. The van der Waals surface area contributed by atoms with E-state index in [2.05, 4.69) is 25.5 Å². The van der Waals surface area contributed by atoms with Crippen LogP contribution in [0.25, 0.3) is 17.0 Å². The highest BCUT2D eigenvalue weighted by Crippen LogP contribution is 2.22. The van der Waals surface area contributed by atoms with E-state index in [1.165, 1.54) is 44.1 Å². The Morgan fingerprint density at radius 2 is 1.83 bits per heavy atom. The van der Waals surface area contributed by atoms with E-state index in [0.717, 1.165) is 19.3 Å². The molecule has 182 valence electrons. The highest BCUT2D eigenvalue weighted by atomic mass is 32.2. The number of aryl methyl sites for hydroxylation is 2. The first-order valence-corrected chi connectivity index (χ1v) is 12.6. The molecule has 0 atom stereocenters. The van der Waals surface area contributed by atoms with Crippen molar-refractivity contribution in [3.05, 3.63) is 58.1 Å². The van der Waals surface area contributed by atoms with Gasteiger partial charge in [-0.1, -0.05) is 6.42 Å². The van der Waals surface area contributed by atoms with Crippen LogP contribution in [0.5, 0.6) is 0 Å². The number of aromatic amines is 1. The predicted octanol–water partition coefficient (Wildman–Crippen LogP) is 1.58. The zero-order chi connectivity index (χ0) is 24.7. The van der Waals surface area contributed by atoms with Gasteiger partial charge in [0.15, 0.2) is 5.65 Å². The number of fused-ring (bicyclic) bond motifs is 1. The van der Waals surface area contributed by atoms with Crippen molar-refractivity contribution in [2.45, 2.75) is 31.1 Å². The molecule has 1 saturated heterocycles. The van der Waals surface area contributed by atoms with Crippen LogP contribution in [0.3, 0.4) is 0 Å². The number of hydrogen-bond donors (Lipinski definition) is 2. The molecule has 0 bridgehead atoms. The van der Waals surface area contributed by atoms with E-state index < -0.39 is 15.9 Å². The number of benzene rings is 1. The molecule has 0 saturated carbocycles. The number of carbonyl (C=O) groups excluding carboxylic acids is 1. The molecule has 0 aliphatic carbocycles. The minimum absolute atomic E-state index is 0.123. The number of sulfonamides is 1. The number of amides is 1. The van der Waals surface area contributed by atoms with Crippen LogP contribution in [0.2, 0.25) is 0 Å². The minimum Gasteiger partial charge on any atom is -0.306 e. The molecule has 5 rings (SSSR count). The smallest absolute Gasteiger partial charge is 0.263 e. The third-order valence-electron chi connectivity index (χ3n) is 5.93. The van der Waals surface area contributed by atoms with E-state index in [1.807, 2.05) is 0 Å². The summed E-state index contributed by atoms with van der Waals surface area (Å²) in [7, 11) is -1.91. The van der Waals surface area contributed by atoms with Gasteiger partial charge in [-0.25, -0.2) is 8.42 Å². The molecule has 12 nitrogen and oxygen atoms in total. The molecule has 1 fully saturated rings. The molecule has 3 aromatic heterocycles. The van der Waals surface area contributed by atoms with Gasteiger partial charge >= 0.3 is 0 Å². The lowest BCUT2D eigenvalue weighted by molar-refractivity contribution is 0.102. The van der Waals surface area contributed by atoms with Crippen molar-refractivity contribution in [2.24, 2.45) is 7.05 Å². The summed E-state index contributed by atoms with van der Waals surface area (Å²) in [5.74, 6) is -0.0447. The Kier molecular flexibility index (Phi) is 5.73. The van der Waals surface area contributed by atoms with E-state index in [9.17, 15) is 18.0 Å². The third-order valence-corrected chi connectivity index (χ3v) is 7.85. The van der Waals surface area contributed by atoms with Gasteiger partial charge in [0.05, 0.1) is 16.8 Å². The number of rotatable bonds is 5. The Balaban J connectivity index is 1.40. The summed E-state index contributed by atoms with van der Waals surface area (Å²) in [6.45, 7) is 2.76. The van der Waals surface area contributed by atoms with Crippen LogP contribution in [0.1, 0.15) is 35.3 Å². The van der Waals surface area contributed by atoms with Gasteiger partial charge in [-0.15, -0.1) is 0 Å². The molecule has 1 aliphatic heterocycles. The SMILES string of the molecule is Cc1cc(NC(=O)c2ccc(S(=O)(=O)N3CCCCC3)cc2)n(-c2nc3c(cnn3C)c(=O)[nH]2)n1. The number of nitrogens with zero attached hydrogens (tertiary/aromatic N) is 6. The van der Waals surface area contributed by atoms with Crippen molar-refractivity contribution in [2.75, 3.05) is 18.4 Å². The average molecular weight is 497 g/mol. The van der Waals surface area contributed by atoms with Crippen molar-refractivity contribution in [1.29, 1.82) is 0 Å². The number of piperidine rings is 1. The molecule has 2 N–H and O–H groups in total. The lowest BCUT2D eigenvalue weighted by Gasteiger charge is -2.25. The fourth-order valence-electron chi connectivity index (χ4n) is 4.09. The lowest BCUT2D eigenvalue weighted by atomic mass is 10.2. The van der Waals surface area contributed by atoms with Gasteiger partial charge in [0.25, 0.3) is 11.5 Å². The van der Waals surface area contributed by atoms with Gasteiger partial charge in [0, 0.05) is 31.8 Å². The molecular weight excluding hydrogens is 472 g/mol. The van der Waals surface area contributed by atoms with E-state index in [1.54, 1.807) is 20.0 Å². The average Bonchev–Trinajstić information content (AvgIpc) is 3.42. The van der Waals surface area contributed by atoms with Gasteiger partial charge in [-0.3, -0.25) is 19.3 Å². The summed E-state index contributed by atoms with van der Waals surface area (Å²) in [6.07, 6.45) is 4.15. The topological polar surface area (TPSA) is 148 Å². The predicted molar refractivity (Wildman–Crippen MR) is 128 cm³/mol. The van der Waals surface area contributed by atoms with Gasteiger partial charge < -0.3 is 5.32 Å². The molecule has 0 unspecified atom stereocenters. The molecule has 4 aromatic rings. The third kappa shape index (κ3) is 4.23. The number of carbonyl (C=O) groups is 1. The second-order valence-electron chi connectivity index (χ2n) is 8.42. The monoisotopic (exact) mass is 496 g/mol. The largest absolute Gasteiger partial charge is 0.306 e. The van der Waals surface area contributed by atoms with E-state index in [-0.39, 0.29) is 22.0 Å². The standard InChI is InChI=1S/C22H24N8O4S/c1-14-12-18(30(27-14)22-25-19-17(21(32)26-22)13-23-28(19)2)24-20(31)15-6-8-16(9-7-15)35(33,34)29-10-4-3-5-11-29/h6-9,12-13H,3-5,10-11H2,1-2H3,(H,24,31)(H,25,26,32). The Morgan fingerprint density at radius 1 is 1.11 bits per heavy atom. The van der Waals surface area contributed by atoms with Crippen molar-refractivity contribution in [3.63, 3.8) is 0 Å². The van der Waals surface area contributed by atoms with Gasteiger partial charge in [0.2, 0.25) is 16.0 Å². The van der Waals surface area contributed by atoms with Crippen LogP contribution < -0.4 is 10.9 Å². The van der Waals surface area contributed by atoms with Gasteiger partial charge in [-0.05, 0) is 44.0 Å². The molecule has 4 heterocycles. The number of aromatic nitrogens is 6. The van der Waals surface area contributed by atoms with Gasteiger partial charge in [-0.2, -0.15) is 24.2 Å². The second kappa shape index (κ2) is 8.74. The first kappa shape index (κ1) is 22.9. The summed E-state index contributed by atoms with van der Waals surface area (Å²) in [6, 6.07) is 7.47. The van der Waals surface area contributed by atoms with Crippen molar-refractivity contribution < 1.29 is 13.2 Å². The summed E-state index contributed by atoms with van der Waals surface area (Å²) in [5, 5.41) is 11.5. The number of H-pyrrole nitrogens is 1. The Morgan fingerprint density at radius 3 is 2.54 bits per heavy atom. The fourth-order valence-corrected chi connectivity index (χ4v) is 5.61. The maximum atomic E-state index is 12.9. The zero-order valence-corrected chi connectivity index (χ0v) is 20.0. The van der Waals surface area contributed by atoms with Crippen LogP contribution >= 0.6 is 0 Å². The van der Waals surface area contributed by atoms with Crippen LogP contribution in [-0.2, 0) is 17.1 Å². The van der Waals surface area contributed by atoms with Gasteiger partial charge in [0.1, 0.15) is 11.2 Å². The number of nitrogens with one attached hydrogen (secondary N) is 2. The minimum atomic E-state index is -3.59. The second-order valence-corrected chi connectivity index (χ2v) is 10.4. The Labute approximate surface area is 200 Å². The summed E-state index contributed by atoms with van der Waals surface area (Å²) in [4.78, 5) is 32.6. The molecule has 0 radical (unpaired) electrons. The van der Waals surface area contributed by atoms with E-state index >= 15 is 0 Å². The highest BCUT2D eigenvalue weighted by molar-refractivity contribution is 7.89. The van der Waals surface area contributed by atoms with Crippen molar-refractivity contribution in [3.8, 4) is 5.95 Å². The Bertz CT molecular complexity index is 1580. The van der Waals surface area contributed by atoms with E-state index in [4.69, 9.17) is 0 Å². The number of anilines is 1. The maximum absolute atomic E-state index is 12.9. The first-order valence-electron chi connectivity index (χ1n) is 11.1. The molecule has 1 aromatic carbocycles. The quantitative estimate of drug-likeness (QED) is 0.426. The number of hydrogen-bond acceptors (Lipinski definition) is 7. The normalized spacial score (nSPS) is 14.9. The van der Waals surface area contributed by atoms with Crippen molar-refractivity contribution in [1.82, 2.24) is 33.8 Å². The van der Waals surface area contributed by atoms with E-state index in [0.29, 0.717) is 35.6 Å². The molecule has 35 heavy (non-hydrogen) atoms. The molecule has 1 aliphatic rings. The van der Waals surface area contributed by atoms with Crippen LogP contribution in [0.15, 0.2) is 46.2 Å². The summed E-state index contributed by atoms with van der Waals surface area (Å²) >= 11 is 0. The lowest BCUT2D eigenvalue weighted by Crippen LogP contribution is -2.35. The molecule has 1 amide bonds. The zero-order valence-electron chi connectivity index (χ0n) is 19.2. The molecule has 13 heteroatoms.